The molecule has 1 fully saturated rings. The number of aliphatic hydroxyl groups is 1. The second-order valence-electron chi connectivity index (χ2n) is 4.40. The van der Waals surface area contributed by atoms with Crippen LogP contribution in [0, 0.1) is 5.82 Å². The molecule has 1 heterocycles. The van der Waals surface area contributed by atoms with Crippen LogP contribution in [0.2, 0.25) is 0 Å². The number of aliphatic hydroxyl groups excluding tert-OH is 1. The molecule has 1 aromatic carbocycles. The lowest BCUT2D eigenvalue weighted by molar-refractivity contribution is 0.0633. The first kappa shape index (κ1) is 12.3. The summed E-state index contributed by atoms with van der Waals surface area (Å²) in [6.07, 6.45) is 1.71. The summed E-state index contributed by atoms with van der Waals surface area (Å²) >= 11 is 0. The molecule has 94 valence electrons. The highest BCUT2D eigenvalue weighted by Crippen LogP contribution is 2.13. The van der Waals surface area contributed by atoms with Gasteiger partial charge in [-0.1, -0.05) is 6.07 Å². The van der Waals surface area contributed by atoms with Gasteiger partial charge < -0.3 is 9.84 Å². The summed E-state index contributed by atoms with van der Waals surface area (Å²) in [4.78, 5) is 2.17. The molecule has 2 rings (SSSR count). The Morgan fingerprint density at radius 3 is 3.12 bits per heavy atom. The monoisotopic (exact) mass is 239 g/mol. The van der Waals surface area contributed by atoms with Gasteiger partial charge in [-0.15, -0.1) is 0 Å². The highest BCUT2D eigenvalue weighted by molar-refractivity contribution is 5.22. The van der Waals surface area contributed by atoms with Crippen molar-refractivity contribution >= 4 is 0 Å². The summed E-state index contributed by atoms with van der Waals surface area (Å²) in [5.41, 5.74) is 0. The fourth-order valence-corrected chi connectivity index (χ4v) is 2.08. The Hall–Kier alpha value is -1.13. The summed E-state index contributed by atoms with van der Waals surface area (Å²) in [6, 6.07) is 6.16. The van der Waals surface area contributed by atoms with Crippen molar-refractivity contribution in [1.82, 2.24) is 4.90 Å². The molecule has 3 nitrogen and oxygen atoms in total. The third-order valence-electron chi connectivity index (χ3n) is 2.95. The molecule has 0 amide bonds. The molecule has 1 saturated heterocycles. The molecule has 0 bridgehead atoms. The van der Waals surface area contributed by atoms with Crippen LogP contribution < -0.4 is 4.74 Å². The van der Waals surface area contributed by atoms with Crippen LogP contribution in [0.4, 0.5) is 4.39 Å². The average Bonchev–Trinajstić information content (AvgIpc) is 2.29. The van der Waals surface area contributed by atoms with E-state index in [0.717, 1.165) is 25.9 Å². The van der Waals surface area contributed by atoms with Crippen LogP contribution in [-0.4, -0.2) is 42.4 Å². The first-order valence-electron chi connectivity index (χ1n) is 6.03. The Balaban J connectivity index is 1.72. The van der Waals surface area contributed by atoms with E-state index in [1.165, 1.54) is 12.1 Å². The number of ether oxygens (including phenoxy) is 1. The standard InChI is InChI=1S/C13H18FNO2/c14-11-3-1-5-13(9-11)17-8-7-15-6-2-4-12(16)10-15/h1,3,5,9,12,16H,2,4,6-8,10H2/t12-/m1/s1. The Kier molecular flexibility index (Phi) is 4.34. The van der Waals surface area contributed by atoms with Crippen molar-refractivity contribution in [3.8, 4) is 5.75 Å². The van der Waals surface area contributed by atoms with E-state index in [2.05, 4.69) is 4.90 Å². The van der Waals surface area contributed by atoms with Gasteiger partial charge in [0.15, 0.2) is 0 Å². The van der Waals surface area contributed by atoms with Gasteiger partial charge in [-0.05, 0) is 31.5 Å². The molecule has 0 radical (unpaired) electrons. The Bertz CT molecular complexity index is 359. The SMILES string of the molecule is O[C@@H]1CCCN(CCOc2cccc(F)c2)C1. The number of hydrogen-bond acceptors (Lipinski definition) is 3. The zero-order valence-corrected chi connectivity index (χ0v) is 9.81. The minimum absolute atomic E-state index is 0.210. The number of nitrogens with zero attached hydrogens (tertiary/aromatic N) is 1. The minimum Gasteiger partial charge on any atom is -0.492 e. The molecule has 0 saturated carbocycles. The molecule has 0 aliphatic carbocycles. The van der Waals surface area contributed by atoms with Crippen molar-refractivity contribution in [2.24, 2.45) is 0 Å². The van der Waals surface area contributed by atoms with Gasteiger partial charge in [0, 0.05) is 19.2 Å². The lowest BCUT2D eigenvalue weighted by Crippen LogP contribution is -2.40. The molecule has 1 atom stereocenters. The van der Waals surface area contributed by atoms with Gasteiger partial charge in [0.05, 0.1) is 6.10 Å². The lowest BCUT2D eigenvalue weighted by atomic mass is 10.1. The normalized spacial score (nSPS) is 21.4. The number of benzene rings is 1. The number of hydrogen-bond donors (Lipinski definition) is 1. The number of likely N-dealkylation sites (tertiary alicyclic amines) is 1. The Morgan fingerprint density at radius 2 is 2.35 bits per heavy atom. The van der Waals surface area contributed by atoms with E-state index in [-0.39, 0.29) is 11.9 Å². The fraction of sp³-hybridized carbons (Fsp3) is 0.538. The second-order valence-corrected chi connectivity index (χ2v) is 4.40. The quantitative estimate of drug-likeness (QED) is 0.867. The molecule has 0 spiro atoms. The van der Waals surface area contributed by atoms with Crippen LogP contribution in [0.15, 0.2) is 24.3 Å². The predicted molar refractivity (Wildman–Crippen MR) is 63.6 cm³/mol. The zero-order chi connectivity index (χ0) is 12.1. The summed E-state index contributed by atoms with van der Waals surface area (Å²) < 4.78 is 18.3. The largest absolute Gasteiger partial charge is 0.492 e. The van der Waals surface area contributed by atoms with Crippen molar-refractivity contribution in [3.63, 3.8) is 0 Å². The van der Waals surface area contributed by atoms with Gasteiger partial charge >= 0.3 is 0 Å². The summed E-state index contributed by atoms with van der Waals surface area (Å²) in [5, 5.41) is 9.50. The van der Waals surface area contributed by atoms with E-state index in [9.17, 15) is 9.50 Å². The topological polar surface area (TPSA) is 32.7 Å². The molecule has 1 aliphatic rings. The second kappa shape index (κ2) is 5.98. The van der Waals surface area contributed by atoms with Crippen molar-refractivity contribution < 1.29 is 14.2 Å². The third kappa shape index (κ3) is 3.98. The summed E-state index contributed by atoms with van der Waals surface area (Å²) in [5.74, 6) is 0.276. The molecule has 17 heavy (non-hydrogen) atoms. The summed E-state index contributed by atoms with van der Waals surface area (Å²) in [7, 11) is 0. The van der Waals surface area contributed by atoms with Crippen LogP contribution >= 0.6 is 0 Å². The fourth-order valence-electron chi connectivity index (χ4n) is 2.08. The van der Waals surface area contributed by atoms with E-state index >= 15 is 0 Å². The van der Waals surface area contributed by atoms with Gasteiger partial charge in [0.1, 0.15) is 18.2 Å². The maximum atomic E-state index is 12.9. The highest BCUT2D eigenvalue weighted by atomic mass is 19.1. The lowest BCUT2D eigenvalue weighted by Gasteiger charge is -2.29. The maximum absolute atomic E-state index is 12.9. The first-order chi connectivity index (χ1) is 8.24. The van der Waals surface area contributed by atoms with Crippen molar-refractivity contribution in [2.45, 2.75) is 18.9 Å². The zero-order valence-electron chi connectivity index (χ0n) is 9.81. The molecule has 1 aliphatic heterocycles. The molecular weight excluding hydrogens is 221 g/mol. The Labute approximate surface area is 101 Å². The number of β-amino-alcohol motifs (C(OH)–C–C–N with tert-alkyl or cyclic N) is 1. The maximum Gasteiger partial charge on any atom is 0.126 e. The van der Waals surface area contributed by atoms with Gasteiger partial charge in [-0.25, -0.2) is 4.39 Å². The van der Waals surface area contributed by atoms with E-state index in [1.807, 2.05) is 0 Å². The van der Waals surface area contributed by atoms with Crippen LogP contribution in [0.3, 0.4) is 0 Å². The smallest absolute Gasteiger partial charge is 0.126 e. The van der Waals surface area contributed by atoms with Crippen LogP contribution in [-0.2, 0) is 0 Å². The predicted octanol–water partition coefficient (Wildman–Crippen LogP) is 1.66. The third-order valence-corrected chi connectivity index (χ3v) is 2.95. The molecule has 0 aromatic heterocycles. The van der Waals surface area contributed by atoms with Crippen molar-refractivity contribution in [3.05, 3.63) is 30.1 Å². The van der Waals surface area contributed by atoms with Crippen molar-refractivity contribution in [1.29, 1.82) is 0 Å². The number of rotatable bonds is 4. The van der Waals surface area contributed by atoms with Crippen LogP contribution in [0.5, 0.6) is 5.75 Å². The van der Waals surface area contributed by atoms with Gasteiger partial charge in [-0.2, -0.15) is 0 Å². The summed E-state index contributed by atoms with van der Waals surface area (Å²) in [6.45, 7) is 3.01. The molecule has 1 N–H and O–H groups in total. The first-order valence-corrected chi connectivity index (χ1v) is 6.03. The van der Waals surface area contributed by atoms with Gasteiger partial charge in [-0.3, -0.25) is 4.90 Å². The average molecular weight is 239 g/mol. The number of piperidine rings is 1. The van der Waals surface area contributed by atoms with Crippen LogP contribution in [0.1, 0.15) is 12.8 Å². The van der Waals surface area contributed by atoms with E-state index in [1.54, 1.807) is 12.1 Å². The highest BCUT2D eigenvalue weighted by Gasteiger charge is 2.16. The van der Waals surface area contributed by atoms with Gasteiger partial charge in [0.2, 0.25) is 0 Å². The van der Waals surface area contributed by atoms with E-state index in [0.29, 0.717) is 18.9 Å². The minimum atomic E-state index is -0.282. The molecule has 1 aromatic rings. The van der Waals surface area contributed by atoms with Crippen LogP contribution in [0.25, 0.3) is 0 Å². The van der Waals surface area contributed by atoms with Crippen molar-refractivity contribution in [2.75, 3.05) is 26.2 Å². The molecule has 0 unspecified atom stereocenters. The molecular formula is C13H18FNO2. The van der Waals surface area contributed by atoms with Gasteiger partial charge in [0.25, 0.3) is 0 Å². The Morgan fingerprint density at radius 1 is 1.47 bits per heavy atom. The van der Waals surface area contributed by atoms with E-state index in [4.69, 9.17) is 4.74 Å². The number of halogens is 1. The molecule has 4 heteroatoms. The van der Waals surface area contributed by atoms with E-state index < -0.39 is 0 Å².